The zero-order valence-electron chi connectivity index (χ0n) is 13.0. The number of aryl methyl sites for hydroxylation is 1. The normalized spacial score (nSPS) is 17.5. The molecule has 2 rings (SSSR count). The predicted octanol–water partition coefficient (Wildman–Crippen LogP) is 3.46. The van der Waals surface area contributed by atoms with Crippen LogP contribution < -0.4 is 0 Å². The van der Waals surface area contributed by atoms with Crippen LogP contribution in [0.2, 0.25) is 0 Å². The van der Waals surface area contributed by atoms with E-state index in [1.54, 1.807) is 13.8 Å². The Morgan fingerprint density at radius 1 is 1.08 bits per heavy atom. The van der Waals surface area contributed by atoms with Crippen LogP contribution in [0, 0.1) is 13.8 Å². The molecule has 2 aromatic carbocycles. The summed E-state index contributed by atoms with van der Waals surface area (Å²) in [5.74, 6) is 0. The molecule has 0 spiro atoms. The van der Waals surface area contributed by atoms with Crippen LogP contribution in [0.25, 0.3) is 10.8 Å². The van der Waals surface area contributed by atoms with Crippen molar-refractivity contribution in [3.8, 4) is 0 Å². The van der Waals surface area contributed by atoms with Crippen molar-refractivity contribution in [2.75, 3.05) is 0 Å². The maximum atomic E-state index is 7.96. The third kappa shape index (κ3) is 1.10. The van der Waals surface area contributed by atoms with Gasteiger partial charge in [0.15, 0.2) is 0 Å². The molecule has 12 heavy (non-hydrogen) atoms. The first-order valence-corrected chi connectivity index (χ1v) is 3.75. The highest BCUT2D eigenvalue weighted by atomic mass is 14.0. The van der Waals surface area contributed by atoms with Gasteiger partial charge in [-0.15, -0.1) is 0 Å². The smallest absolute Gasteiger partial charge is 0.0614 e. The number of benzene rings is 2. The maximum absolute atomic E-state index is 7.96. The minimum Gasteiger partial charge on any atom is -0.0614 e. The Balaban J connectivity index is 3.22. The van der Waals surface area contributed by atoms with Gasteiger partial charge in [0, 0.05) is 0 Å². The highest BCUT2D eigenvalue weighted by Gasteiger charge is 1.94. The minimum atomic E-state index is -0.231. The SMILES string of the molecule is [2H]c1c([2H])c(C)c2c([2H])c([2H])c(C)c([2H])c2c1[2H]. The molecule has 0 aliphatic carbocycles. The summed E-state index contributed by atoms with van der Waals surface area (Å²) in [5, 5.41) is 0.480. The Hall–Kier alpha value is -1.30. The maximum Gasteiger partial charge on any atom is 0.0632 e. The van der Waals surface area contributed by atoms with Crippen LogP contribution in [0.4, 0.5) is 0 Å². The van der Waals surface area contributed by atoms with Crippen LogP contribution in [0.5, 0.6) is 0 Å². The third-order valence-electron chi connectivity index (χ3n) is 1.75. The average Bonchev–Trinajstić information content (AvgIpc) is 2.35. The molecule has 60 valence electrons. The Morgan fingerprint density at radius 2 is 1.92 bits per heavy atom. The van der Waals surface area contributed by atoms with E-state index < -0.39 is 0 Å². The first kappa shape index (κ1) is 3.21. The van der Waals surface area contributed by atoms with Crippen molar-refractivity contribution in [3.05, 3.63) is 47.4 Å². The van der Waals surface area contributed by atoms with Crippen LogP contribution in [0.1, 0.15) is 19.4 Å². The summed E-state index contributed by atoms with van der Waals surface area (Å²) in [6.45, 7) is 3.16. The minimum absolute atomic E-state index is 0.00704. The molecule has 0 aromatic heterocycles. The molecule has 0 bridgehead atoms. The van der Waals surface area contributed by atoms with Crippen molar-refractivity contribution in [1.29, 1.82) is 0 Å². The number of hydrogen-bond donors (Lipinski definition) is 0. The fraction of sp³-hybridized carbons (Fsp3) is 0.167. The molecule has 0 radical (unpaired) electrons. The fourth-order valence-electron chi connectivity index (χ4n) is 1.12. The van der Waals surface area contributed by atoms with Crippen LogP contribution in [-0.4, -0.2) is 0 Å². The molecule has 0 N–H and O–H groups in total. The van der Waals surface area contributed by atoms with E-state index in [0.29, 0.717) is 11.1 Å². The number of rotatable bonds is 0. The molecule has 0 unspecified atom stereocenters. The molecule has 0 nitrogen and oxygen atoms in total. The highest BCUT2D eigenvalue weighted by Crippen LogP contribution is 2.18. The van der Waals surface area contributed by atoms with E-state index >= 15 is 0 Å². The van der Waals surface area contributed by atoms with Crippen molar-refractivity contribution in [2.24, 2.45) is 0 Å². The molecular formula is C12H12. The van der Waals surface area contributed by atoms with Crippen LogP contribution in [-0.2, 0) is 0 Å². The summed E-state index contributed by atoms with van der Waals surface area (Å²) in [6.07, 6.45) is 0. The average molecular weight is 162 g/mol. The van der Waals surface area contributed by atoms with Gasteiger partial charge in [0.05, 0.1) is 8.22 Å². The first-order chi connectivity index (χ1) is 8.29. The van der Waals surface area contributed by atoms with Gasteiger partial charge in [-0.05, 0) is 30.2 Å². The molecule has 0 saturated heterocycles. The molecule has 0 saturated carbocycles. The zero-order valence-corrected chi connectivity index (χ0v) is 7.00. The standard InChI is InChI=1S/C12H12/c1-9-6-7-12-10(2)4-3-5-11(12)8-9/h3-8H,1-2H3/i3D,4D,5D,6D,7D,8D. The van der Waals surface area contributed by atoms with Gasteiger partial charge in [-0.2, -0.15) is 0 Å². The van der Waals surface area contributed by atoms with E-state index in [4.69, 9.17) is 8.22 Å². The summed E-state index contributed by atoms with van der Waals surface area (Å²) in [6, 6.07) is -0.659. The monoisotopic (exact) mass is 162 g/mol. The van der Waals surface area contributed by atoms with Crippen LogP contribution in [0.15, 0.2) is 36.3 Å². The molecule has 0 aliphatic rings. The van der Waals surface area contributed by atoms with Gasteiger partial charge in [-0.1, -0.05) is 41.8 Å². The van der Waals surface area contributed by atoms with Crippen molar-refractivity contribution >= 4 is 10.8 Å². The lowest BCUT2D eigenvalue weighted by Gasteiger charge is -2.01. The van der Waals surface area contributed by atoms with Gasteiger partial charge in [-0.25, -0.2) is 0 Å². The van der Waals surface area contributed by atoms with Crippen molar-refractivity contribution in [2.45, 2.75) is 13.8 Å². The van der Waals surface area contributed by atoms with Crippen LogP contribution >= 0.6 is 0 Å². The molecule has 0 heterocycles. The van der Waals surface area contributed by atoms with Gasteiger partial charge in [0.1, 0.15) is 0 Å². The molecule has 2 aromatic rings. The van der Waals surface area contributed by atoms with E-state index in [0.717, 1.165) is 0 Å². The van der Waals surface area contributed by atoms with E-state index in [2.05, 4.69) is 0 Å². The second-order valence-corrected chi connectivity index (χ2v) is 2.75. The van der Waals surface area contributed by atoms with E-state index in [1.807, 2.05) is 0 Å². The zero-order chi connectivity index (χ0) is 13.8. The lowest BCUT2D eigenvalue weighted by molar-refractivity contribution is 1.48. The second kappa shape index (κ2) is 2.63. The first-order valence-electron chi connectivity index (χ1n) is 6.75. The topological polar surface area (TPSA) is 0 Å². The van der Waals surface area contributed by atoms with Gasteiger partial charge >= 0.3 is 0 Å². The fourth-order valence-corrected chi connectivity index (χ4v) is 1.12. The Labute approximate surface area is 81.3 Å². The molecule has 0 aliphatic heterocycles. The number of hydrogen-bond acceptors (Lipinski definition) is 0. The quantitative estimate of drug-likeness (QED) is 0.556. The lowest BCUT2D eigenvalue weighted by Crippen LogP contribution is -1.78. The molecule has 0 amide bonds. The van der Waals surface area contributed by atoms with Gasteiger partial charge in [0.25, 0.3) is 0 Å². The Morgan fingerprint density at radius 3 is 2.75 bits per heavy atom. The van der Waals surface area contributed by atoms with Crippen molar-refractivity contribution < 1.29 is 8.22 Å². The predicted molar refractivity (Wildman–Crippen MR) is 53.4 cm³/mol. The molecule has 0 atom stereocenters. The van der Waals surface area contributed by atoms with E-state index in [-0.39, 0.29) is 47.0 Å². The highest BCUT2D eigenvalue weighted by molar-refractivity contribution is 5.85. The summed E-state index contributed by atoms with van der Waals surface area (Å²) < 4.78 is 47.0. The molecular weight excluding hydrogens is 144 g/mol. The largest absolute Gasteiger partial charge is 0.0632 e. The van der Waals surface area contributed by atoms with Gasteiger partial charge in [-0.3, -0.25) is 0 Å². The third-order valence-corrected chi connectivity index (χ3v) is 1.75. The van der Waals surface area contributed by atoms with E-state index in [9.17, 15) is 0 Å². The van der Waals surface area contributed by atoms with Gasteiger partial charge in [0.2, 0.25) is 0 Å². The summed E-state index contributed by atoms with van der Waals surface area (Å²) in [5.41, 5.74) is 0.718. The summed E-state index contributed by atoms with van der Waals surface area (Å²) in [4.78, 5) is 0. The van der Waals surface area contributed by atoms with Crippen molar-refractivity contribution in [3.63, 3.8) is 0 Å². The van der Waals surface area contributed by atoms with E-state index in [1.165, 1.54) is 0 Å². The summed E-state index contributed by atoms with van der Waals surface area (Å²) >= 11 is 0. The number of fused-ring (bicyclic) bond motifs is 1. The van der Waals surface area contributed by atoms with Crippen LogP contribution in [0.3, 0.4) is 0 Å². The Kier molecular flexibility index (Phi) is 0.705. The van der Waals surface area contributed by atoms with Crippen molar-refractivity contribution in [1.82, 2.24) is 0 Å². The summed E-state index contributed by atoms with van der Waals surface area (Å²) in [7, 11) is 0. The lowest BCUT2D eigenvalue weighted by atomic mass is 10.0. The Bertz CT molecular complexity index is 562. The van der Waals surface area contributed by atoms with Gasteiger partial charge < -0.3 is 0 Å². The molecule has 0 heteroatoms. The second-order valence-electron chi connectivity index (χ2n) is 2.75. The molecule has 0 fully saturated rings.